The molecule has 0 fully saturated rings. The molecule has 0 bridgehead atoms. The lowest BCUT2D eigenvalue weighted by molar-refractivity contribution is 0.509. The average molecular weight is 286 g/mol. The highest BCUT2D eigenvalue weighted by Gasteiger charge is 2.26. The van der Waals surface area contributed by atoms with Gasteiger partial charge in [-0.1, -0.05) is 49.6 Å². The van der Waals surface area contributed by atoms with Gasteiger partial charge in [-0.25, -0.2) is 8.78 Å². The fourth-order valence-corrected chi connectivity index (χ4v) is 3.86. The van der Waals surface area contributed by atoms with Crippen molar-refractivity contribution in [3.05, 3.63) is 64.9 Å². The zero-order chi connectivity index (χ0) is 14.5. The summed E-state index contributed by atoms with van der Waals surface area (Å²) in [5.74, 6) is -1.56. The van der Waals surface area contributed by atoms with Crippen LogP contribution in [0.5, 0.6) is 0 Å². The summed E-state index contributed by atoms with van der Waals surface area (Å²) in [5, 5.41) is 0. The Hall–Kier alpha value is -1.74. The SMILES string of the molecule is C[Si](C)(C)/C=C1\c2ccccc2-c2cc(F)c(F)cc21. The van der Waals surface area contributed by atoms with Crippen LogP contribution in [0.1, 0.15) is 11.1 Å². The first-order chi connectivity index (χ1) is 9.37. The molecule has 20 heavy (non-hydrogen) atoms. The van der Waals surface area contributed by atoms with E-state index in [9.17, 15) is 8.78 Å². The molecule has 0 amide bonds. The smallest absolute Gasteiger partial charge is 0.159 e. The molecule has 0 aliphatic heterocycles. The van der Waals surface area contributed by atoms with Crippen LogP contribution in [0, 0.1) is 11.6 Å². The second-order valence-electron chi connectivity index (χ2n) is 6.28. The van der Waals surface area contributed by atoms with E-state index in [4.69, 9.17) is 0 Å². The lowest BCUT2D eigenvalue weighted by Gasteiger charge is -2.13. The van der Waals surface area contributed by atoms with Gasteiger partial charge in [0.25, 0.3) is 0 Å². The molecular formula is C17H16F2Si. The predicted octanol–water partition coefficient (Wildman–Crippen LogP) is 5.25. The number of benzene rings is 2. The lowest BCUT2D eigenvalue weighted by Crippen LogP contribution is -2.16. The largest absolute Gasteiger partial charge is 0.204 e. The minimum atomic E-state index is -1.47. The van der Waals surface area contributed by atoms with Gasteiger partial charge in [-0.05, 0) is 40.0 Å². The molecule has 102 valence electrons. The zero-order valence-electron chi connectivity index (χ0n) is 11.8. The second kappa shape index (κ2) is 4.38. The molecule has 0 nitrogen and oxygen atoms in total. The monoisotopic (exact) mass is 286 g/mol. The van der Waals surface area contributed by atoms with E-state index in [1.165, 1.54) is 12.1 Å². The molecule has 1 aliphatic rings. The van der Waals surface area contributed by atoms with Gasteiger partial charge >= 0.3 is 0 Å². The molecular weight excluding hydrogens is 270 g/mol. The van der Waals surface area contributed by atoms with E-state index in [0.29, 0.717) is 0 Å². The predicted molar refractivity (Wildman–Crippen MR) is 82.2 cm³/mol. The number of hydrogen-bond donors (Lipinski definition) is 0. The second-order valence-corrected chi connectivity index (χ2v) is 11.3. The van der Waals surface area contributed by atoms with Crippen molar-refractivity contribution in [2.45, 2.75) is 19.6 Å². The Labute approximate surface area is 118 Å². The Morgan fingerprint density at radius 1 is 0.800 bits per heavy atom. The molecule has 0 atom stereocenters. The van der Waals surface area contributed by atoms with Crippen LogP contribution in [-0.2, 0) is 0 Å². The minimum Gasteiger partial charge on any atom is -0.204 e. The molecule has 2 aromatic carbocycles. The topological polar surface area (TPSA) is 0 Å². The molecule has 1 aliphatic carbocycles. The van der Waals surface area contributed by atoms with Gasteiger partial charge < -0.3 is 0 Å². The van der Waals surface area contributed by atoms with E-state index in [-0.39, 0.29) is 0 Å². The highest BCUT2D eigenvalue weighted by atomic mass is 28.3. The Kier molecular flexibility index (Phi) is 2.90. The van der Waals surface area contributed by atoms with Crippen molar-refractivity contribution in [3.8, 4) is 11.1 Å². The van der Waals surface area contributed by atoms with Gasteiger partial charge in [0.2, 0.25) is 0 Å². The molecule has 2 aromatic rings. The molecule has 0 heterocycles. The Morgan fingerprint density at radius 2 is 1.35 bits per heavy atom. The maximum atomic E-state index is 13.6. The number of rotatable bonds is 1. The van der Waals surface area contributed by atoms with Gasteiger partial charge in [0.15, 0.2) is 11.6 Å². The van der Waals surface area contributed by atoms with Crippen molar-refractivity contribution in [1.29, 1.82) is 0 Å². The van der Waals surface area contributed by atoms with Gasteiger partial charge in [0.05, 0.1) is 8.07 Å². The minimum absolute atomic E-state index is 0.780. The summed E-state index contributed by atoms with van der Waals surface area (Å²) >= 11 is 0. The Balaban J connectivity index is 2.34. The van der Waals surface area contributed by atoms with Crippen LogP contribution in [0.4, 0.5) is 8.78 Å². The van der Waals surface area contributed by atoms with Crippen LogP contribution < -0.4 is 0 Å². The molecule has 0 N–H and O–H groups in total. The van der Waals surface area contributed by atoms with Gasteiger partial charge in [-0.3, -0.25) is 0 Å². The first-order valence-electron chi connectivity index (χ1n) is 6.69. The number of halogens is 2. The third-order valence-electron chi connectivity index (χ3n) is 3.44. The van der Waals surface area contributed by atoms with E-state index in [0.717, 1.165) is 27.8 Å². The maximum absolute atomic E-state index is 13.6. The highest BCUT2D eigenvalue weighted by Crippen LogP contribution is 2.45. The van der Waals surface area contributed by atoms with Crippen molar-refractivity contribution >= 4 is 13.6 Å². The average Bonchev–Trinajstić information content (AvgIpc) is 2.64. The molecule has 0 unspecified atom stereocenters. The van der Waals surface area contributed by atoms with E-state index in [1.54, 1.807) is 0 Å². The first kappa shape index (κ1) is 13.2. The molecule has 3 heteroatoms. The summed E-state index contributed by atoms with van der Waals surface area (Å²) in [6, 6.07) is 10.5. The van der Waals surface area contributed by atoms with Crippen LogP contribution in [-0.4, -0.2) is 8.07 Å². The summed E-state index contributed by atoms with van der Waals surface area (Å²) in [6.45, 7) is 6.71. The van der Waals surface area contributed by atoms with Crippen LogP contribution >= 0.6 is 0 Å². The van der Waals surface area contributed by atoms with Gasteiger partial charge in [0, 0.05) is 0 Å². The summed E-state index contributed by atoms with van der Waals surface area (Å²) in [4.78, 5) is 0. The number of fused-ring (bicyclic) bond motifs is 3. The molecule has 0 spiro atoms. The van der Waals surface area contributed by atoms with Crippen molar-refractivity contribution in [2.75, 3.05) is 0 Å². The van der Waals surface area contributed by atoms with Gasteiger partial charge in [0.1, 0.15) is 0 Å². The van der Waals surface area contributed by atoms with E-state index < -0.39 is 19.7 Å². The van der Waals surface area contributed by atoms with Gasteiger partial charge in [-0.15, -0.1) is 0 Å². The third-order valence-corrected chi connectivity index (χ3v) is 4.59. The van der Waals surface area contributed by atoms with E-state index in [1.807, 2.05) is 24.3 Å². The summed E-state index contributed by atoms with van der Waals surface area (Å²) in [5.41, 5.74) is 6.99. The molecule has 0 aromatic heterocycles. The number of hydrogen-bond acceptors (Lipinski definition) is 0. The highest BCUT2D eigenvalue weighted by molar-refractivity contribution is 6.82. The van der Waals surface area contributed by atoms with Crippen LogP contribution in [0.25, 0.3) is 16.7 Å². The van der Waals surface area contributed by atoms with Gasteiger partial charge in [-0.2, -0.15) is 0 Å². The molecule has 0 radical (unpaired) electrons. The van der Waals surface area contributed by atoms with Crippen LogP contribution in [0.15, 0.2) is 42.1 Å². The molecule has 3 rings (SSSR count). The fourth-order valence-electron chi connectivity index (χ4n) is 2.68. The van der Waals surface area contributed by atoms with Crippen molar-refractivity contribution in [1.82, 2.24) is 0 Å². The third kappa shape index (κ3) is 2.12. The summed E-state index contributed by atoms with van der Waals surface area (Å²) in [6.07, 6.45) is 0. The summed E-state index contributed by atoms with van der Waals surface area (Å²) in [7, 11) is -1.47. The van der Waals surface area contributed by atoms with E-state index >= 15 is 0 Å². The van der Waals surface area contributed by atoms with Crippen molar-refractivity contribution in [3.63, 3.8) is 0 Å². The van der Waals surface area contributed by atoms with E-state index in [2.05, 4.69) is 25.3 Å². The maximum Gasteiger partial charge on any atom is 0.159 e. The van der Waals surface area contributed by atoms with Crippen molar-refractivity contribution < 1.29 is 8.78 Å². The van der Waals surface area contributed by atoms with Crippen molar-refractivity contribution in [2.24, 2.45) is 0 Å². The first-order valence-corrected chi connectivity index (χ1v) is 10.3. The fraction of sp³-hybridized carbons (Fsp3) is 0.176. The standard InChI is InChI=1S/C17H16F2Si/c1-20(2,3)10-15-12-7-5-4-6-11(12)13-8-16(18)17(19)9-14(13)15/h4-10H,1-3H3/b15-10+. The summed E-state index contributed by atoms with van der Waals surface area (Å²) < 4.78 is 27.2. The lowest BCUT2D eigenvalue weighted by atomic mass is 10.1. The quantitative estimate of drug-likeness (QED) is 0.536. The Bertz CT molecular complexity index is 724. The Morgan fingerprint density at radius 3 is 1.95 bits per heavy atom. The zero-order valence-corrected chi connectivity index (χ0v) is 12.8. The van der Waals surface area contributed by atoms with Crippen LogP contribution in [0.3, 0.4) is 0 Å². The molecule has 0 saturated heterocycles. The van der Waals surface area contributed by atoms with Crippen LogP contribution in [0.2, 0.25) is 19.6 Å². The molecule has 0 saturated carbocycles. The normalized spacial score (nSPS) is 15.3.